The van der Waals surface area contributed by atoms with Crippen LogP contribution in [0.25, 0.3) is 0 Å². The van der Waals surface area contributed by atoms with Gasteiger partial charge in [0.15, 0.2) is 0 Å². The fourth-order valence-corrected chi connectivity index (χ4v) is 2.43. The highest BCUT2D eigenvalue weighted by atomic mass is 32.2. The maximum absolute atomic E-state index is 11.4. The van der Waals surface area contributed by atoms with Crippen molar-refractivity contribution in [2.45, 2.75) is 5.75 Å². The smallest absolute Gasteiger partial charge is 0.404 e. The number of nitrogens with zero attached hydrogens (tertiary/aromatic N) is 1. The summed E-state index contributed by atoms with van der Waals surface area (Å²) in [7, 11) is 1.86. The van der Waals surface area contributed by atoms with E-state index < -0.39 is 17.3 Å². The van der Waals surface area contributed by atoms with E-state index in [9.17, 15) is 9.35 Å². The predicted molar refractivity (Wildman–Crippen MR) is 77.9 cm³/mol. The number of nitrogens with one attached hydrogen (secondary N) is 1. The standard InChI is InChI=1S/C12H19N3O3S/c1-15(6-5-14-12(16)17)11-4-3-10(13)7-9(11)8-19(2)18/h3-4,7,14H,5-6,8,13H2,1-2H3,(H,16,17). The van der Waals surface area contributed by atoms with E-state index in [1.807, 2.05) is 18.0 Å². The van der Waals surface area contributed by atoms with E-state index in [1.165, 1.54) is 0 Å². The van der Waals surface area contributed by atoms with Gasteiger partial charge in [-0.15, -0.1) is 0 Å². The zero-order chi connectivity index (χ0) is 14.4. The van der Waals surface area contributed by atoms with Crippen LogP contribution in [0, 0.1) is 0 Å². The minimum atomic E-state index is -1.04. The molecular formula is C12H19N3O3S. The molecule has 1 aromatic carbocycles. The molecule has 19 heavy (non-hydrogen) atoms. The van der Waals surface area contributed by atoms with Gasteiger partial charge in [0.25, 0.3) is 0 Å². The molecule has 4 N–H and O–H groups in total. The summed E-state index contributed by atoms with van der Waals surface area (Å²) in [5.74, 6) is 0.428. The van der Waals surface area contributed by atoms with Crippen LogP contribution in [-0.4, -0.2) is 42.1 Å². The lowest BCUT2D eigenvalue weighted by Gasteiger charge is -2.22. The minimum absolute atomic E-state index is 0.324. The average Bonchev–Trinajstić information content (AvgIpc) is 2.27. The van der Waals surface area contributed by atoms with Crippen molar-refractivity contribution < 1.29 is 14.5 Å². The lowest BCUT2D eigenvalue weighted by atomic mass is 10.1. The summed E-state index contributed by atoms with van der Waals surface area (Å²) in [6, 6.07) is 5.44. The Morgan fingerprint density at radius 1 is 1.58 bits per heavy atom. The molecule has 106 valence electrons. The number of anilines is 2. The lowest BCUT2D eigenvalue weighted by molar-refractivity contribution is 0.195. The van der Waals surface area contributed by atoms with Crippen LogP contribution in [0.4, 0.5) is 16.2 Å². The molecule has 1 amide bonds. The molecule has 1 aromatic rings. The van der Waals surface area contributed by atoms with Crippen LogP contribution in [-0.2, 0) is 16.9 Å². The molecule has 7 heteroatoms. The lowest BCUT2D eigenvalue weighted by Crippen LogP contribution is -2.32. The van der Waals surface area contributed by atoms with Crippen molar-refractivity contribution in [3.05, 3.63) is 23.8 Å². The third-order valence-electron chi connectivity index (χ3n) is 2.60. The van der Waals surface area contributed by atoms with Gasteiger partial charge >= 0.3 is 6.09 Å². The Bertz CT molecular complexity index is 440. The quantitative estimate of drug-likeness (QED) is 0.531. The number of carbonyl (C=O) groups is 1. The number of hydrogen-bond acceptors (Lipinski definition) is 4. The minimum Gasteiger partial charge on any atom is -0.616 e. The number of nitrogens with two attached hydrogens (primary N) is 1. The van der Waals surface area contributed by atoms with Gasteiger partial charge < -0.3 is 25.6 Å². The molecule has 0 saturated heterocycles. The van der Waals surface area contributed by atoms with E-state index in [0.717, 1.165) is 11.3 Å². The topological polar surface area (TPSA) is 102 Å². The van der Waals surface area contributed by atoms with E-state index >= 15 is 0 Å². The Labute approximate surface area is 115 Å². The van der Waals surface area contributed by atoms with E-state index in [0.29, 0.717) is 24.5 Å². The van der Waals surface area contributed by atoms with Crippen LogP contribution in [0.2, 0.25) is 0 Å². The van der Waals surface area contributed by atoms with Crippen molar-refractivity contribution in [1.29, 1.82) is 0 Å². The molecule has 0 radical (unpaired) electrons. The van der Waals surface area contributed by atoms with Gasteiger partial charge in [0.1, 0.15) is 5.75 Å². The summed E-state index contributed by atoms with van der Waals surface area (Å²) in [5.41, 5.74) is 8.18. The second kappa shape index (κ2) is 7.10. The molecule has 0 aliphatic heterocycles. The maximum atomic E-state index is 11.4. The number of carboxylic acid groups (broad SMARTS) is 1. The van der Waals surface area contributed by atoms with Gasteiger partial charge in [-0.2, -0.15) is 0 Å². The van der Waals surface area contributed by atoms with Crippen LogP contribution in [0.15, 0.2) is 18.2 Å². The monoisotopic (exact) mass is 285 g/mol. The van der Waals surface area contributed by atoms with Crippen molar-refractivity contribution in [2.24, 2.45) is 0 Å². The predicted octanol–water partition coefficient (Wildman–Crippen LogP) is 0.851. The van der Waals surface area contributed by atoms with Crippen molar-refractivity contribution in [3.63, 3.8) is 0 Å². The van der Waals surface area contributed by atoms with E-state index in [4.69, 9.17) is 10.8 Å². The number of amides is 1. The summed E-state index contributed by atoms with van der Waals surface area (Å²) < 4.78 is 11.4. The highest BCUT2D eigenvalue weighted by Gasteiger charge is 2.12. The first kappa shape index (κ1) is 15.5. The Morgan fingerprint density at radius 2 is 2.26 bits per heavy atom. The molecule has 0 heterocycles. The van der Waals surface area contributed by atoms with Crippen LogP contribution < -0.4 is 16.0 Å². The zero-order valence-corrected chi connectivity index (χ0v) is 11.9. The molecule has 0 fully saturated rings. The molecule has 1 atom stereocenters. The third kappa shape index (κ3) is 5.27. The summed E-state index contributed by atoms with van der Waals surface area (Å²) in [6.45, 7) is 0.852. The SMILES string of the molecule is CN(CCNC(=O)O)c1ccc(N)cc1C[S+](C)[O-]. The Morgan fingerprint density at radius 3 is 2.84 bits per heavy atom. The summed E-state index contributed by atoms with van der Waals surface area (Å²) >= 11 is -0.957. The summed E-state index contributed by atoms with van der Waals surface area (Å²) in [4.78, 5) is 12.3. The van der Waals surface area contributed by atoms with E-state index in [2.05, 4.69) is 5.32 Å². The van der Waals surface area contributed by atoms with Crippen molar-refractivity contribution in [3.8, 4) is 0 Å². The number of benzene rings is 1. The Balaban J connectivity index is 2.77. The molecule has 0 aliphatic carbocycles. The van der Waals surface area contributed by atoms with Crippen LogP contribution >= 0.6 is 0 Å². The molecular weight excluding hydrogens is 266 g/mol. The molecule has 1 unspecified atom stereocenters. The summed E-state index contributed by atoms with van der Waals surface area (Å²) in [6.07, 6.45) is 0.597. The van der Waals surface area contributed by atoms with E-state index in [-0.39, 0.29) is 0 Å². The second-order valence-electron chi connectivity index (χ2n) is 4.26. The first-order valence-corrected chi connectivity index (χ1v) is 7.49. The van der Waals surface area contributed by atoms with Crippen molar-refractivity contribution >= 4 is 28.6 Å². The first-order valence-electron chi connectivity index (χ1n) is 5.76. The Kier molecular flexibility index (Phi) is 5.78. The second-order valence-corrected chi connectivity index (χ2v) is 5.69. The number of nitrogen functional groups attached to an aromatic ring is 1. The molecule has 0 saturated carbocycles. The molecule has 0 aliphatic rings. The van der Waals surface area contributed by atoms with Crippen molar-refractivity contribution in [1.82, 2.24) is 5.32 Å². The van der Waals surface area contributed by atoms with Gasteiger partial charge in [-0.3, -0.25) is 0 Å². The average molecular weight is 285 g/mol. The largest absolute Gasteiger partial charge is 0.616 e. The number of rotatable bonds is 6. The van der Waals surface area contributed by atoms with Crippen LogP contribution in [0.1, 0.15) is 5.56 Å². The molecule has 0 aromatic heterocycles. The molecule has 6 nitrogen and oxygen atoms in total. The molecule has 0 bridgehead atoms. The van der Waals surface area contributed by atoms with E-state index in [1.54, 1.807) is 18.4 Å². The zero-order valence-electron chi connectivity index (χ0n) is 11.0. The summed E-state index contributed by atoms with van der Waals surface area (Å²) in [5, 5.41) is 10.8. The molecule has 1 rings (SSSR count). The van der Waals surface area contributed by atoms with Gasteiger partial charge in [0.2, 0.25) is 0 Å². The third-order valence-corrected chi connectivity index (χ3v) is 3.31. The number of hydrogen-bond donors (Lipinski definition) is 3. The highest BCUT2D eigenvalue weighted by Crippen LogP contribution is 2.24. The first-order chi connectivity index (χ1) is 8.90. The molecule has 0 spiro atoms. The fraction of sp³-hybridized carbons (Fsp3) is 0.417. The van der Waals surface area contributed by atoms with Crippen molar-refractivity contribution in [2.75, 3.05) is 37.0 Å². The highest BCUT2D eigenvalue weighted by molar-refractivity contribution is 7.89. The van der Waals surface area contributed by atoms with Crippen LogP contribution in [0.5, 0.6) is 0 Å². The van der Waals surface area contributed by atoms with Crippen LogP contribution in [0.3, 0.4) is 0 Å². The number of likely N-dealkylation sites (N-methyl/N-ethyl adjacent to an activating group) is 1. The van der Waals surface area contributed by atoms with Gasteiger partial charge in [-0.25, -0.2) is 4.79 Å². The van der Waals surface area contributed by atoms with Gasteiger partial charge in [0.05, 0.1) is 6.26 Å². The van der Waals surface area contributed by atoms with Gasteiger partial charge in [-0.05, 0) is 18.2 Å². The van der Waals surface area contributed by atoms with Gasteiger partial charge in [0, 0.05) is 37.1 Å². The maximum Gasteiger partial charge on any atom is 0.404 e. The van der Waals surface area contributed by atoms with Gasteiger partial charge in [-0.1, -0.05) is 11.2 Å². The normalized spacial score (nSPS) is 11.9. The Hall–Kier alpha value is -1.60. The fourth-order valence-electron chi connectivity index (χ4n) is 1.76.